The molecule has 0 amide bonds. The van der Waals surface area contributed by atoms with E-state index in [9.17, 15) is 9.59 Å². The molecule has 3 aromatic heterocycles. The van der Waals surface area contributed by atoms with Crippen molar-refractivity contribution in [2.75, 3.05) is 11.9 Å². The van der Waals surface area contributed by atoms with E-state index in [2.05, 4.69) is 25.3 Å². The molecule has 0 bridgehead atoms. The second-order valence-electron chi connectivity index (χ2n) is 4.95. The van der Waals surface area contributed by atoms with Crippen LogP contribution in [0.4, 0.5) is 5.95 Å². The summed E-state index contributed by atoms with van der Waals surface area (Å²) in [4.78, 5) is 40.5. The van der Waals surface area contributed by atoms with Gasteiger partial charge in [-0.3, -0.25) is 19.1 Å². The Kier molecular flexibility index (Phi) is 4.37. The third-order valence-electron chi connectivity index (χ3n) is 3.34. The summed E-state index contributed by atoms with van der Waals surface area (Å²) in [6.07, 6.45) is 4.50. The van der Waals surface area contributed by atoms with Crippen molar-refractivity contribution in [2.45, 2.75) is 0 Å². The number of carbonyl (C=O) groups excluding carboxylic acids is 1. The van der Waals surface area contributed by atoms with Gasteiger partial charge in [-0.25, -0.2) is 15.0 Å². The van der Waals surface area contributed by atoms with E-state index in [1.54, 1.807) is 43.7 Å². The van der Waals surface area contributed by atoms with Gasteiger partial charge in [-0.1, -0.05) is 6.07 Å². The molecule has 0 fully saturated rings. The molecular formula is C16H14N6O2. The minimum atomic E-state index is -0.258. The van der Waals surface area contributed by atoms with E-state index < -0.39 is 0 Å². The van der Waals surface area contributed by atoms with Crippen molar-refractivity contribution in [3.63, 3.8) is 0 Å². The van der Waals surface area contributed by atoms with Gasteiger partial charge in [0, 0.05) is 25.5 Å². The number of aromatic nitrogens is 5. The number of ketones is 1. The Morgan fingerprint density at radius 3 is 2.75 bits per heavy atom. The van der Waals surface area contributed by atoms with Crippen LogP contribution in [0.2, 0.25) is 0 Å². The molecular weight excluding hydrogens is 308 g/mol. The van der Waals surface area contributed by atoms with E-state index in [4.69, 9.17) is 0 Å². The van der Waals surface area contributed by atoms with Gasteiger partial charge < -0.3 is 5.32 Å². The van der Waals surface area contributed by atoms with Crippen molar-refractivity contribution in [3.8, 4) is 11.4 Å². The van der Waals surface area contributed by atoms with Gasteiger partial charge in [0.25, 0.3) is 5.56 Å². The Hall–Kier alpha value is -3.42. The van der Waals surface area contributed by atoms with Crippen LogP contribution >= 0.6 is 0 Å². The van der Waals surface area contributed by atoms with E-state index in [0.29, 0.717) is 17.1 Å². The Labute approximate surface area is 137 Å². The molecule has 0 saturated carbocycles. The third kappa shape index (κ3) is 3.32. The van der Waals surface area contributed by atoms with Gasteiger partial charge in [0.15, 0.2) is 5.78 Å². The zero-order valence-electron chi connectivity index (χ0n) is 12.9. The number of anilines is 1. The highest BCUT2D eigenvalue weighted by Gasteiger charge is 2.11. The number of Topliss-reactive ketones (excluding diaryl/α,β-unsaturated/α-hetero) is 1. The second kappa shape index (κ2) is 6.78. The molecule has 8 heteroatoms. The number of rotatable bonds is 5. The lowest BCUT2D eigenvalue weighted by Crippen LogP contribution is -2.25. The summed E-state index contributed by atoms with van der Waals surface area (Å²) in [6.45, 7) is -0.0233. The number of carbonyl (C=O) groups is 1. The summed E-state index contributed by atoms with van der Waals surface area (Å²) >= 11 is 0. The van der Waals surface area contributed by atoms with Gasteiger partial charge in [-0.2, -0.15) is 0 Å². The van der Waals surface area contributed by atoms with Crippen molar-refractivity contribution in [1.82, 2.24) is 24.5 Å². The zero-order valence-corrected chi connectivity index (χ0v) is 12.9. The first-order chi connectivity index (χ1) is 11.6. The molecule has 120 valence electrons. The van der Waals surface area contributed by atoms with Crippen LogP contribution in [0.1, 0.15) is 10.5 Å². The molecule has 0 aliphatic heterocycles. The molecule has 0 spiro atoms. The lowest BCUT2D eigenvalue weighted by Gasteiger charge is -2.10. The summed E-state index contributed by atoms with van der Waals surface area (Å²) in [6, 6.07) is 8.15. The maximum absolute atomic E-state index is 12.1. The standard InChI is InChI=1S/C16H14N6O2/c1-22-15(24)8-13(11-5-7-17-10-20-11)21-16(22)19-9-14(23)12-4-2-3-6-18-12/h2-8,10H,9H2,1H3,(H,19,21). The number of nitrogens with zero attached hydrogens (tertiary/aromatic N) is 5. The first kappa shape index (κ1) is 15.5. The predicted octanol–water partition coefficient (Wildman–Crippen LogP) is 0.927. The van der Waals surface area contributed by atoms with Crippen molar-refractivity contribution >= 4 is 11.7 Å². The fraction of sp³-hybridized carbons (Fsp3) is 0.125. The first-order valence-corrected chi connectivity index (χ1v) is 7.18. The fourth-order valence-electron chi connectivity index (χ4n) is 2.05. The first-order valence-electron chi connectivity index (χ1n) is 7.18. The molecule has 0 aliphatic rings. The number of nitrogens with one attached hydrogen (secondary N) is 1. The minimum Gasteiger partial charge on any atom is -0.348 e. The van der Waals surface area contributed by atoms with Crippen LogP contribution in [0, 0.1) is 0 Å². The molecule has 0 aromatic carbocycles. The van der Waals surface area contributed by atoms with Crippen LogP contribution in [0.25, 0.3) is 11.4 Å². The lowest BCUT2D eigenvalue weighted by atomic mass is 10.2. The minimum absolute atomic E-state index is 0.0233. The molecule has 3 rings (SSSR count). The number of hydrogen-bond acceptors (Lipinski definition) is 7. The van der Waals surface area contributed by atoms with Crippen LogP contribution in [0.3, 0.4) is 0 Å². The third-order valence-corrected chi connectivity index (χ3v) is 3.34. The highest BCUT2D eigenvalue weighted by molar-refractivity contribution is 5.97. The Morgan fingerprint density at radius 2 is 2.04 bits per heavy atom. The molecule has 0 radical (unpaired) electrons. The van der Waals surface area contributed by atoms with Gasteiger partial charge in [0.2, 0.25) is 5.95 Å². The average Bonchev–Trinajstić information content (AvgIpc) is 2.64. The molecule has 24 heavy (non-hydrogen) atoms. The fourth-order valence-corrected chi connectivity index (χ4v) is 2.05. The Morgan fingerprint density at radius 1 is 1.17 bits per heavy atom. The lowest BCUT2D eigenvalue weighted by molar-refractivity contribution is 0.100. The van der Waals surface area contributed by atoms with E-state index in [1.807, 2.05) is 0 Å². The van der Waals surface area contributed by atoms with Crippen LogP contribution in [0.5, 0.6) is 0 Å². The summed E-state index contributed by atoms with van der Waals surface area (Å²) in [5, 5.41) is 2.88. The average molecular weight is 322 g/mol. The summed E-state index contributed by atoms with van der Waals surface area (Å²) in [7, 11) is 1.58. The van der Waals surface area contributed by atoms with E-state index in [0.717, 1.165) is 0 Å². The van der Waals surface area contributed by atoms with Crippen LogP contribution in [-0.4, -0.2) is 36.8 Å². The van der Waals surface area contributed by atoms with E-state index >= 15 is 0 Å². The van der Waals surface area contributed by atoms with E-state index in [1.165, 1.54) is 17.0 Å². The molecule has 0 unspecified atom stereocenters. The van der Waals surface area contributed by atoms with Crippen molar-refractivity contribution < 1.29 is 4.79 Å². The molecule has 1 N–H and O–H groups in total. The SMILES string of the molecule is Cn1c(NCC(=O)c2ccccn2)nc(-c2ccncn2)cc1=O. The summed E-state index contributed by atoms with van der Waals surface area (Å²) in [5.74, 6) is 0.0812. The van der Waals surface area contributed by atoms with Crippen molar-refractivity contribution in [3.05, 3.63) is 65.1 Å². The highest BCUT2D eigenvalue weighted by Crippen LogP contribution is 2.13. The van der Waals surface area contributed by atoms with Gasteiger partial charge in [0.05, 0.1) is 17.9 Å². The maximum Gasteiger partial charge on any atom is 0.255 e. The van der Waals surface area contributed by atoms with Crippen molar-refractivity contribution in [1.29, 1.82) is 0 Å². The summed E-state index contributed by atoms with van der Waals surface area (Å²) in [5.41, 5.74) is 1.03. The van der Waals surface area contributed by atoms with Crippen LogP contribution in [-0.2, 0) is 7.05 Å². The second-order valence-corrected chi connectivity index (χ2v) is 4.95. The van der Waals surface area contributed by atoms with E-state index in [-0.39, 0.29) is 23.8 Å². The van der Waals surface area contributed by atoms with Gasteiger partial charge in [0.1, 0.15) is 12.0 Å². The molecule has 3 heterocycles. The van der Waals surface area contributed by atoms with Gasteiger partial charge >= 0.3 is 0 Å². The van der Waals surface area contributed by atoms with Gasteiger partial charge in [-0.15, -0.1) is 0 Å². The maximum atomic E-state index is 12.1. The molecule has 0 aliphatic carbocycles. The highest BCUT2D eigenvalue weighted by atomic mass is 16.1. The van der Waals surface area contributed by atoms with Crippen LogP contribution in [0.15, 0.2) is 53.8 Å². The smallest absolute Gasteiger partial charge is 0.255 e. The predicted molar refractivity (Wildman–Crippen MR) is 87.6 cm³/mol. The normalized spacial score (nSPS) is 10.4. The monoisotopic (exact) mass is 322 g/mol. The zero-order chi connectivity index (χ0) is 16.9. The van der Waals surface area contributed by atoms with Crippen LogP contribution < -0.4 is 10.9 Å². The Bertz CT molecular complexity index is 909. The Balaban J connectivity index is 1.84. The van der Waals surface area contributed by atoms with Gasteiger partial charge in [-0.05, 0) is 18.2 Å². The largest absolute Gasteiger partial charge is 0.348 e. The van der Waals surface area contributed by atoms with Crippen molar-refractivity contribution in [2.24, 2.45) is 7.05 Å². The molecule has 0 atom stereocenters. The molecule has 8 nitrogen and oxygen atoms in total. The topological polar surface area (TPSA) is 103 Å². The molecule has 0 saturated heterocycles. The quantitative estimate of drug-likeness (QED) is 0.697. The number of pyridine rings is 1. The summed E-state index contributed by atoms with van der Waals surface area (Å²) < 4.78 is 1.33. The number of hydrogen-bond donors (Lipinski definition) is 1. The molecule has 3 aromatic rings.